The van der Waals surface area contributed by atoms with Gasteiger partial charge in [-0.05, 0) is 18.2 Å². The predicted molar refractivity (Wildman–Crippen MR) is 53.2 cm³/mol. The molecule has 12 heavy (non-hydrogen) atoms. The van der Waals surface area contributed by atoms with Crippen LogP contribution in [0.4, 0.5) is 5.69 Å². The smallest absolute Gasteiger partial charge is 0.139 e. The van der Waals surface area contributed by atoms with Gasteiger partial charge in [0.15, 0.2) is 0 Å². The van der Waals surface area contributed by atoms with Crippen LogP contribution < -0.4 is 5.73 Å². The molecule has 0 amide bonds. The lowest BCUT2D eigenvalue weighted by atomic mass is 10.2. The molecule has 0 unspecified atom stereocenters. The minimum Gasteiger partial charge on any atom is -0.506 e. The third-order valence-corrected chi connectivity index (χ3v) is 1.61. The highest BCUT2D eigenvalue weighted by atomic mass is 79.9. The normalized spacial score (nSPS) is 8.75. The third-order valence-electron chi connectivity index (χ3n) is 1.33. The fourth-order valence-electron chi connectivity index (χ4n) is 0.757. The van der Waals surface area contributed by atoms with Crippen molar-refractivity contribution in [1.82, 2.24) is 0 Å². The maximum absolute atomic E-state index is 9.19. The van der Waals surface area contributed by atoms with Crippen LogP contribution in [0.2, 0.25) is 0 Å². The largest absolute Gasteiger partial charge is 0.506 e. The van der Waals surface area contributed by atoms with Crippen molar-refractivity contribution in [1.29, 1.82) is 0 Å². The number of aromatic hydroxyl groups is 1. The Bertz CT molecular complexity index is 338. The molecule has 1 aromatic carbocycles. The van der Waals surface area contributed by atoms with Crippen LogP contribution in [0.1, 0.15) is 5.56 Å². The van der Waals surface area contributed by atoms with Crippen LogP contribution in [-0.4, -0.2) is 10.4 Å². The summed E-state index contributed by atoms with van der Waals surface area (Å²) in [6.45, 7) is 0. The Morgan fingerprint density at radius 1 is 1.50 bits per heavy atom. The first-order valence-corrected chi connectivity index (χ1v) is 4.49. The van der Waals surface area contributed by atoms with Gasteiger partial charge in [0.05, 0.1) is 11.0 Å². The summed E-state index contributed by atoms with van der Waals surface area (Å²) in [6, 6.07) is 4.95. The predicted octanol–water partition coefficient (Wildman–Crippen LogP) is 1.72. The van der Waals surface area contributed by atoms with Gasteiger partial charge in [0, 0.05) is 5.56 Å². The topological polar surface area (TPSA) is 46.2 Å². The fourth-order valence-corrected chi connectivity index (χ4v) is 0.897. The monoisotopic (exact) mass is 225 g/mol. The summed E-state index contributed by atoms with van der Waals surface area (Å²) in [6.07, 6.45) is 0. The highest BCUT2D eigenvalue weighted by molar-refractivity contribution is 9.09. The van der Waals surface area contributed by atoms with Gasteiger partial charge >= 0.3 is 0 Å². The zero-order valence-electron chi connectivity index (χ0n) is 6.34. The second-order valence-electron chi connectivity index (χ2n) is 2.21. The van der Waals surface area contributed by atoms with Crippen molar-refractivity contribution < 1.29 is 5.11 Å². The van der Waals surface area contributed by atoms with Gasteiger partial charge in [0.2, 0.25) is 0 Å². The zero-order chi connectivity index (χ0) is 8.97. The van der Waals surface area contributed by atoms with Crippen LogP contribution in [-0.2, 0) is 0 Å². The number of phenols is 1. The number of anilines is 1. The van der Waals surface area contributed by atoms with Crippen molar-refractivity contribution in [3.05, 3.63) is 23.8 Å². The van der Waals surface area contributed by atoms with Crippen LogP contribution in [0.15, 0.2) is 18.2 Å². The average molecular weight is 226 g/mol. The molecule has 0 spiro atoms. The molecule has 0 bridgehead atoms. The van der Waals surface area contributed by atoms with Crippen LogP contribution in [0.25, 0.3) is 0 Å². The second-order valence-corrected chi connectivity index (χ2v) is 2.77. The van der Waals surface area contributed by atoms with Gasteiger partial charge in [-0.2, -0.15) is 0 Å². The van der Waals surface area contributed by atoms with Crippen molar-refractivity contribution in [2.24, 2.45) is 0 Å². The summed E-state index contributed by atoms with van der Waals surface area (Å²) in [5.41, 5.74) is 6.55. The highest BCUT2D eigenvalue weighted by Crippen LogP contribution is 2.19. The van der Waals surface area contributed by atoms with Gasteiger partial charge < -0.3 is 10.8 Å². The number of halogens is 1. The van der Waals surface area contributed by atoms with Crippen molar-refractivity contribution in [2.75, 3.05) is 11.1 Å². The molecule has 0 fully saturated rings. The minimum atomic E-state index is 0.0800. The Morgan fingerprint density at radius 2 is 2.25 bits per heavy atom. The van der Waals surface area contributed by atoms with Crippen LogP contribution in [0.3, 0.4) is 0 Å². The van der Waals surface area contributed by atoms with E-state index >= 15 is 0 Å². The molecule has 0 aromatic heterocycles. The van der Waals surface area contributed by atoms with Gasteiger partial charge in [-0.25, -0.2) is 0 Å². The molecule has 3 heteroatoms. The van der Waals surface area contributed by atoms with Crippen molar-refractivity contribution >= 4 is 21.6 Å². The highest BCUT2D eigenvalue weighted by Gasteiger charge is 1.95. The number of benzene rings is 1. The second kappa shape index (κ2) is 4.03. The Balaban J connectivity index is 2.97. The fraction of sp³-hybridized carbons (Fsp3) is 0.111. The minimum absolute atomic E-state index is 0.0800. The van der Waals surface area contributed by atoms with Gasteiger partial charge in [-0.1, -0.05) is 27.8 Å². The number of nitrogen functional groups attached to an aromatic ring is 1. The lowest BCUT2D eigenvalue weighted by molar-refractivity contribution is 0.478. The summed E-state index contributed by atoms with van der Waals surface area (Å²) in [5, 5.41) is 9.82. The summed E-state index contributed by atoms with van der Waals surface area (Å²) in [4.78, 5) is 0. The molecule has 0 saturated heterocycles. The number of hydrogen-bond acceptors (Lipinski definition) is 2. The van der Waals surface area contributed by atoms with Gasteiger partial charge in [0.25, 0.3) is 0 Å². The van der Waals surface area contributed by atoms with Crippen LogP contribution >= 0.6 is 15.9 Å². The number of nitrogens with two attached hydrogens (primary N) is 1. The summed E-state index contributed by atoms with van der Waals surface area (Å²) in [5.74, 6) is 5.76. The van der Waals surface area contributed by atoms with Crippen molar-refractivity contribution in [3.63, 3.8) is 0 Å². The summed E-state index contributed by atoms with van der Waals surface area (Å²) in [7, 11) is 0. The first-order chi connectivity index (χ1) is 5.74. The maximum atomic E-state index is 9.19. The standard InChI is InChI=1S/C9H8BrNO/c10-5-1-2-7-3-4-8(11)9(12)6-7/h3-4,6,12H,5,11H2. The first kappa shape index (κ1) is 8.95. The number of rotatable bonds is 0. The first-order valence-electron chi connectivity index (χ1n) is 3.37. The summed E-state index contributed by atoms with van der Waals surface area (Å²) >= 11 is 3.18. The molecule has 0 radical (unpaired) electrons. The van der Waals surface area contributed by atoms with Gasteiger partial charge in [-0.3, -0.25) is 0 Å². The molecule has 0 saturated carbocycles. The molecule has 0 aliphatic carbocycles. The summed E-state index contributed by atoms with van der Waals surface area (Å²) < 4.78 is 0. The lowest BCUT2D eigenvalue weighted by Crippen LogP contribution is -1.85. The van der Waals surface area contributed by atoms with E-state index in [1.54, 1.807) is 18.2 Å². The Morgan fingerprint density at radius 3 is 2.83 bits per heavy atom. The molecule has 1 rings (SSSR count). The Hall–Kier alpha value is -1.14. The van der Waals surface area contributed by atoms with E-state index < -0.39 is 0 Å². The third kappa shape index (κ3) is 2.18. The van der Waals surface area contributed by atoms with E-state index in [-0.39, 0.29) is 5.75 Å². The number of hydrogen-bond donors (Lipinski definition) is 2. The Labute approximate surface area is 79.5 Å². The molecular weight excluding hydrogens is 218 g/mol. The van der Waals surface area contributed by atoms with E-state index in [2.05, 4.69) is 27.8 Å². The maximum Gasteiger partial charge on any atom is 0.139 e. The van der Waals surface area contributed by atoms with Crippen LogP contribution in [0, 0.1) is 11.8 Å². The SMILES string of the molecule is Nc1ccc(C#CCBr)cc1O. The average Bonchev–Trinajstić information content (AvgIpc) is 2.07. The van der Waals surface area contributed by atoms with Crippen molar-refractivity contribution in [2.45, 2.75) is 0 Å². The molecule has 62 valence electrons. The number of alkyl halides is 1. The molecule has 0 atom stereocenters. The van der Waals surface area contributed by atoms with Crippen molar-refractivity contribution in [3.8, 4) is 17.6 Å². The lowest BCUT2D eigenvalue weighted by Gasteiger charge is -1.97. The van der Waals surface area contributed by atoms with E-state index in [1.807, 2.05) is 0 Å². The van der Waals surface area contributed by atoms with E-state index in [4.69, 9.17) is 5.73 Å². The molecular formula is C9H8BrNO. The van der Waals surface area contributed by atoms with E-state index in [1.165, 1.54) is 0 Å². The molecule has 1 aromatic rings. The van der Waals surface area contributed by atoms with Crippen LogP contribution in [0.5, 0.6) is 5.75 Å². The molecule has 3 N–H and O–H groups in total. The van der Waals surface area contributed by atoms with Gasteiger partial charge in [0.1, 0.15) is 5.75 Å². The molecule has 0 aliphatic rings. The van der Waals surface area contributed by atoms with E-state index in [0.29, 0.717) is 11.0 Å². The van der Waals surface area contributed by atoms with Gasteiger partial charge in [-0.15, -0.1) is 0 Å². The van der Waals surface area contributed by atoms with E-state index in [9.17, 15) is 5.11 Å². The molecule has 0 heterocycles. The number of phenolic OH excluding ortho intramolecular Hbond substituents is 1. The van der Waals surface area contributed by atoms with E-state index in [0.717, 1.165) is 5.56 Å². The Kier molecular flexibility index (Phi) is 3.01. The molecule has 2 nitrogen and oxygen atoms in total. The quantitative estimate of drug-likeness (QED) is 0.306. The zero-order valence-corrected chi connectivity index (χ0v) is 7.93. The molecule has 0 aliphatic heterocycles.